The van der Waals surface area contributed by atoms with Gasteiger partial charge in [0, 0.05) is 45.0 Å². The molecule has 0 bridgehead atoms. The van der Waals surface area contributed by atoms with Crippen LogP contribution in [-0.2, 0) is 4.74 Å². The van der Waals surface area contributed by atoms with E-state index in [0.29, 0.717) is 13.2 Å². The van der Waals surface area contributed by atoms with Crippen LogP contribution in [0.4, 0.5) is 5.69 Å². The van der Waals surface area contributed by atoms with Gasteiger partial charge in [0.2, 0.25) is 0 Å². The van der Waals surface area contributed by atoms with Gasteiger partial charge in [-0.3, -0.25) is 0 Å². The zero-order valence-electron chi connectivity index (χ0n) is 11.1. The fourth-order valence-electron chi connectivity index (χ4n) is 1.94. The van der Waals surface area contributed by atoms with Crippen LogP contribution in [0, 0.1) is 0 Å². The Morgan fingerprint density at radius 2 is 1.89 bits per heavy atom. The molecule has 0 saturated carbocycles. The number of halogens is 2. The number of piperazine rings is 1. The molecule has 0 spiro atoms. The molecule has 2 rings (SSSR count). The number of hydrogen-bond donors (Lipinski definition) is 1. The van der Waals surface area contributed by atoms with E-state index in [4.69, 9.17) is 9.47 Å². The van der Waals surface area contributed by atoms with Crippen LogP contribution in [0.2, 0.25) is 0 Å². The lowest BCUT2D eigenvalue weighted by Gasteiger charge is -2.29. The summed E-state index contributed by atoms with van der Waals surface area (Å²) in [5.41, 5.74) is 1.24. The lowest BCUT2D eigenvalue weighted by atomic mass is 10.2. The van der Waals surface area contributed by atoms with Gasteiger partial charge in [0.25, 0.3) is 0 Å². The summed E-state index contributed by atoms with van der Waals surface area (Å²) in [4.78, 5) is 2.37. The highest BCUT2D eigenvalue weighted by Gasteiger charge is 2.10. The summed E-state index contributed by atoms with van der Waals surface area (Å²) in [5, 5.41) is 3.35. The van der Waals surface area contributed by atoms with Crippen molar-refractivity contribution in [2.75, 3.05) is 51.4 Å². The molecule has 0 aliphatic carbocycles. The maximum absolute atomic E-state index is 5.61. The van der Waals surface area contributed by atoms with Crippen molar-refractivity contribution in [3.8, 4) is 5.75 Å². The fraction of sp³-hybridized carbons (Fsp3) is 0.538. The number of nitrogens with zero attached hydrogens (tertiary/aromatic N) is 1. The SMILES string of the molecule is COCCOc1cccc(N2CCNCC2)c1.Cl.Cl. The Bertz CT molecular complexity index is 347. The lowest BCUT2D eigenvalue weighted by Crippen LogP contribution is -2.43. The monoisotopic (exact) mass is 308 g/mol. The summed E-state index contributed by atoms with van der Waals surface area (Å²) in [7, 11) is 1.68. The quantitative estimate of drug-likeness (QED) is 0.843. The largest absolute Gasteiger partial charge is 0.491 e. The Hall–Kier alpha value is -0.680. The van der Waals surface area contributed by atoms with E-state index in [1.807, 2.05) is 12.1 Å². The molecule has 1 aromatic carbocycles. The fourth-order valence-corrected chi connectivity index (χ4v) is 1.94. The summed E-state index contributed by atoms with van der Waals surface area (Å²) in [6.07, 6.45) is 0. The van der Waals surface area contributed by atoms with Crippen molar-refractivity contribution in [3.05, 3.63) is 24.3 Å². The molecular weight excluding hydrogens is 287 g/mol. The molecule has 0 atom stereocenters. The highest BCUT2D eigenvalue weighted by atomic mass is 35.5. The molecule has 1 fully saturated rings. The number of ether oxygens (including phenoxy) is 2. The van der Waals surface area contributed by atoms with E-state index in [0.717, 1.165) is 31.9 Å². The van der Waals surface area contributed by atoms with Gasteiger partial charge in [0.1, 0.15) is 12.4 Å². The molecule has 19 heavy (non-hydrogen) atoms. The van der Waals surface area contributed by atoms with E-state index >= 15 is 0 Å². The van der Waals surface area contributed by atoms with Crippen LogP contribution in [-0.4, -0.2) is 46.5 Å². The first-order valence-electron chi connectivity index (χ1n) is 6.07. The summed E-state index contributed by atoms with van der Waals surface area (Å²) >= 11 is 0. The van der Waals surface area contributed by atoms with Crippen LogP contribution in [0.5, 0.6) is 5.75 Å². The molecule has 0 unspecified atom stereocenters. The van der Waals surface area contributed by atoms with Crippen LogP contribution in [0.1, 0.15) is 0 Å². The Kier molecular flexibility index (Phi) is 9.79. The number of anilines is 1. The molecule has 1 aliphatic rings. The van der Waals surface area contributed by atoms with Crippen molar-refractivity contribution in [1.82, 2.24) is 5.32 Å². The van der Waals surface area contributed by atoms with Crippen LogP contribution < -0.4 is 15.0 Å². The second kappa shape index (κ2) is 10.1. The van der Waals surface area contributed by atoms with Crippen molar-refractivity contribution < 1.29 is 9.47 Å². The van der Waals surface area contributed by atoms with Gasteiger partial charge in [-0.15, -0.1) is 24.8 Å². The zero-order chi connectivity index (χ0) is 11.9. The van der Waals surface area contributed by atoms with Gasteiger partial charge in [-0.25, -0.2) is 0 Å². The molecule has 4 nitrogen and oxygen atoms in total. The molecule has 0 aromatic heterocycles. The predicted molar refractivity (Wildman–Crippen MR) is 83.4 cm³/mol. The number of benzene rings is 1. The smallest absolute Gasteiger partial charge is 0.121 e. The molecular formula is C13H22Cl2N2O2. The number of hydrogen-bond acceptors (Lipinski definition) is 4. The van der Waals surface area contributed by atoms with Crippen LogP contribution in [0.25, 0.3) is 0 Å². The number of nitrogens with one attached hydrogen (secondary N) is 1. The van der Waals surface area contributed by atoms with Gasteiger partial charge in [-0.2, -0.15) is 0 Å². The molecule has 1 aromatic rings. The number of methoxy groups -OCH3 is 1. The molecule has 1 aliphatic heterocycles. The summed E-state index contributed by atoms with van der Waals surface area (Å²) in [6, 6.07) is 8.26. The average molecular weight is 309 g/mol. The van der Waals surface area contributed by atoms with Crippen molar-refractivity contribution in [3.63, 3.8) is 0 Å². The maximum atomic E-state index is 5.61. The van der Waals surface area contributed by atoms with Gasteiger partial charge in [0.05, 0.1) is 6.61 Å². The molecule has 0 radical (unpaired) electrons. The van der Waals surface area contributed by atoms with E-state index in [1.54, 1.807) is 7.11 Å². The second-order valence-electron chi connectivity index (χ2n) is 4.08. The first kappa shape index (κ1) is 18.3. The van der Waals surface area contributed by atoms with Crippen molar-refractivity contribution in [2.24, 2.45) is 0 Å². The normalized spacial score (nSPS) is 14.3. The summed E-state index contributed by atoms with van der Waals surface area (Å²) < 4.78 is 10.6. The van der Waals surface area contributed by atoms with Crippen molar-refractivity contribution in [1.29, 1.82) is 0 Å². The minimum Gasteiger partial charge on any atom is -0.491 e. The third-order valence-corrected chi connectivity index (χ3v) is 2.86. The first-order valence-corrected chi connectivity index (χ1v) is 6.07. The Morgan fingerprint density at radius 3 is 2.58 bits per heavy atom. The summed E-state index contributed by atoms with van der Waals surface area (Å²) in [5.74, 6) is 0.915. The van der Waals surface area contributed by atoms with E-state index < -0.39 is 0 Å². The lowest BCUT2D eigenvalue weighted by molar-refractivity contribution is 0.146. The number of rotatable bonds is 5. The minimum atomic E-state index is 0. The molecule has 6 heteroatoms. The highest BCUT2D eigenvalue weighted by Crippen LogP contribution is 2.21. The van der Waals surface area contributed by atoms with Crippen LogP contribution >= 0.6 is 24.8 Å². The van der Waals surface area contributed by atoms with Crippen molar-refractivity contribution in [2.45, 2.75) is 0 Å². The van der Waals surface area contributed by atoms with Crippen molar-refractivity contribution >= 4 is 30.5 Å². The molecule has 0 amide bonds. The van der Waals surface area contributed by atoms with Crippen LogP contribution in [0.3, 0.4) is 0 Å². The highest BCUT2D eigenvalue weighted by molar-refractivity contribution is 5.85. The third-order valence-electron chi connectivity index (χ3n) is 2.86. The topological polar surface area (TPSA) is 33.7 Å². The zero-order valence-corrected chi connectivity index (χ0v) is 12.8. The second-order valence-corrected chi connectivity index (χ2v) is 4.08. The first-order chi connectivity index (χ1) is 8.40. The van der Waals surface area contributed by atoms with Gasteiger partial charge in [-0.05, 0) is 12.1 Å². The minimum absolute atomic E-state index is 0. The van der Waals surface area contributed by atoms with Gasteiger partial charge >= 0.3 is 0 Å². The van der Waals surface area contributed by atoms with E-state index in [9.17, 15) is 0 Å². The van der Waals surface area contributed by atoms with Gasteiger partial charge in [-0.1, -0.05) is 6.07 Å². The van der Waals surface area contributed by atoms with Gasteiger partial charge in [0.15, 0.2) is 0 Å². The molecule has 1 saturated heterocycles. The van der Waals surface area contributed by atoms with E-state index in [1.165, 1.54) is 5.69 Å². The van der Waals surface area contributed by atoms with E-state index in [-0.39, 0.29) is 24.8 Å². The molecule has 1 N–H and O–H groups in total. The average Bonchev–Trinajstić information content (AvgIpc) is 2.41. The van der Waals surface area contributed by atoms with Gasteiger partial charge < -0.3 is 19.7 Å². The Balaban J connectivity index is 0.00000162. The van der Waals surface area contributed by atoms with Crippen LogP contribution in [0.15, 0.2) is 24.3 Å². The Labute approximate surface area is 127 Å². The maximum Gasteiger partial charge on any atom is 0.121 e. The summed E-state index contributed by atoms with van der Waals surface area (Å²) in [6.45, 7) is 5.44. The van der Waals surface area contributed by atoms with E-state index in [2.05, 4.69) is 22.3 Å². The molecule has 1 heterocycles. The standard InChI is InChI=1S/C13H20N2O2.2ClH/c1-16-9-10-17-13-4-2-3-12(11-13)15-7-5-14-6-8-15;;/h2-4,11,14H,5-10H2,1H3;2*1H. The molecule has 110 valence electrons. The predicted octanol–water partition coefficient (Wildman–Crippen LogP) is 1.97. The third kappa shape index (κ3) is 5.87. The Morgan fingerprint density at radius 1 is 1.16 bits per heavy atom.